The predicted molar refractivity (Wildman–Crippen MR) is 131 cm³/mol. The Labute approximate surface area is 214 Å². The Morgan fingerprint density at radius 2 is 1.45 bits per heavy atom. The van der Waals surface area contributed by atoms with Crippen LogP contribution in [0, 0.1) is 0 Å². The number of carbonyl (C=O) groups excluding carboxylic acids is 1. The Balaban J connectivity index is 1.80. The number of alkyl halides is 3. The molecule has 1 heterocycles. The SMILES string of the molecule is COc1ccccc1-c1c(C(F)(F)F)oc2cc(OC(=O)c3cc(OC)c(OC)c(OC)c3)ccc2c1=O. The van der Waals surface area contributed by atoms with E-state index in [-0.39, 0.29) is 45.3 Å². The normalized spacial score (nSPS) is 11.2. The summed E-state index contributed by atoms with van der Waals surface area (Å²) >= 11 is 0. The monoisotopic (exact) mass is 530 g/mol. The zero-order valence-corrected chi connectivity index (χ0v) is 20.6. The predicted octanol–water partition coefficient (Wildman–Crippen LogP) is 5.73. The number of para-hydroxylation sites is 1. The molecule has 8 nitrogen and oxygen atoms in total. The van der Waals surface area contributed by atoms with Crippen molar-refractivity contribution in [1.29, 1.82) is 0 Å². The molecule has 0 aliphatic carbocycles. The van der Waals surface area contributed by atoms with E-state index in [9.17, 15) is 22.8 Å². The largest absolute Gasteiger partial charge is 0.496 e. The van der Waals surface area contributed by atoms with E-state index in [1.165, 1.54) is 70.9 Å². The van der Waals surface area contributed by atoms with Crippen molar-refractivity contribution in [3.63, 3.8) is 0 Å². The number of carbonyl (C=O) groups is 1. The second kappa shape index (κ2) is 10.4. The molecule has 0 radical (unpaired) electrons. The topological polar surface area (TPSA) is 93.4 Å². The highest BCUT2D eigenvalue weighted by molar-refractivity contribution is 5.93. The second-order valence-corrected chi connectivity index (χ2v) is 7.79. The molecule has 0 saturated heterocycles. The second-order valence-electron chi connectivity index (χ2n) is 7.79. The molecule has 0 bridgehead atoms. The fraction of sp³-hybridized carbons (Fsp3) is 0.185. The Hall–Kier alpha value is -4.67. The molecule has 0 N–H and O–H groups in total. The van der Waals surface area contributed by atoms with E-state index in [0.29, 0.717) is 0 Å². The summed E-state index contributed by atoms with van der Waals surface area (Å²) < 4.78 is 73.4. The van der Waals surface area contributed by atoms with E-state index >= 15 is 0 Å². The molecule has 0 spiro atoms. The minimum atomic E-state index is -5.01. The number of hydrogen-bond donors (Lipinski definition) is 0. The van der Waals surface area contributed by atoms with Crippen LogP contribution in [0.5, 0.6) is 28.7 Å². The fourth-order valence-corrected chi connectivity index (χ4v) is 3.90. The van der Waals surface area contributed by atoms with Crippen molar-refractivity contribution < 1.29 is 46.1 Å². The molecule has 0 amide bonds. The van der Waals surface area contributed by atoms with Crippen LogP contribution in [0.4, 0.5) is 13.2 Å². The van der Waals surface area contributed by atoms with Gasteiger partial charge in [-0.2, -0.15) is 13.2 Å². The lowest BCUT2D eigenvalue weighted by atomic mass is 10.0. The lowest BCUT2D eigenvalue weighted by Gasteiger charge is -2.15. The summed E-state index contributed by atoms with van der Waals surface area (Å²) in [6, 6.07) is 12.0. The van der Waals surface area contributed by atoms with Gasteiger partial charge in [-0.15, -0.1) is 0 Å². The zero-order valence-electron chi connectivity index (χ0n) is 20.6. The number of esters is 1. The van der Waals surface area contributed by atoms with Crippen LogP contribution in [0.1, 0.15) is 16.1 Å². The molecular weight excluding hydrogens is 509 g/mol. The van der Waals surface area contributed by atoms with Crippen molar-refractivity contribution >= 4 is 16.9 Å². The number of halogens is 3. The molecule has 4 rings (SSSR count). The van der Waals surface area contributed by atoms with Gasteiger partial charge in [0.2, 0.25) is 16.9 Å². The summed E-state index contributed by atoms with van der Waals surface area (Å²) in [7, 11) is 5.42. The maximum atomic E-state index is 14.0. The van der Waals surface area contributed by atoms with Crippen molar-refractivity contribution in [1.82, 2.24) is 0 Å². The Kier molecular flexibility index (Phi) is 7.20. The van der Waals surface area contributed by atoms with Crippen LogP contribution in [-0.2, 0) is 6.18 Å². The van der Waals surface area contributed by atoms with Gasteiger partial charge in [0.25, 0.3) is 0 Å². The maximum Gasteiger partial charge on any atom is 0.450 e. The summed E-state index contributed by atoms with van der Waals surface area (Å²) in [5.41, 5.74) is -2.09. The van der Waals surface area contributed by atoms with Gasteiger partial charge in [0.1, 0.15) is 17.1 Å². The van der Waals surface area contributed by atoms with Gasteiger partial charge in [0.15, 0.2) is 11.5 Å². The van der Waals surface area contributed by atoms with Gasteiger partial charge in [-0.05, 0) is 30.3 Å². The van der Waals surface area contributed by atoms with E-state index in [0.717, 1.165) is 6.07 Å². The molecule has 0 aliphatic rings. The number of rotatable bonds is 7. The van der Waals surface area contributed by atoms with E-state index in [1.54, 1.807) is 6.07 Å². The third-order valence-electron chi connectivity index (χ3n) is 5.61. The van der Waals surface area contributed by atoms with E-state index in [2.05, 4.69) is 0 Å². The van der Waals surface area contributed by atoms with E-state index < -0.39 is 34.5 Å². The van der Waals surface area contributed by atoms with Crippen LogP contribution in [0.3, 0.4) is 0 Å². The molecular formula is C27H21F3O8. The van der Waals surface area contributed by atoms with Gasteiger partial charge in [0.05, 0.1) is 45.0 Å². The van der Waals surface area contributed by atoms with Crippen LogP contribution >= 0.6 is 0 Å². The van der Waals surface area contributed by atoms with Gasteiger partial charge in [-0.25, -0.2) is 4.79 Å². The Morgan fingerprint density at radius 1 is 0.816 bits per heavy atom. The third kappa shape index (κ3) is 4.82. The molecule has 11 heteroatoms. The number of fused-ring (bicyclic) bond motifs is 1. The lowest BCUT2D eigenvalue weighted by Crippen LogP contribution is -2.16. The zero-order chi connectivity index (χ0) is 27.6. The summed E-state index contributed by atoms with van der Waals surface area (Å²) in [5, 5.41) is -0.147. The van der Waals surface area contributed by atoms with Gasteiger partial charge >= 0.3 is 12.1 Å². The summed E-state index contributed by atoms with van der Waals surface area (Å²) in [4.78, 5) is 26.1. The lowest BCUT2D eigenvalue weighted by molar-refractivity contribution is -0.152. The molecule has 38 heavy (non-hydrogen) atoms. The van der Waals surface area contributed by atoms with Gasteiger partial charge < -0.3 is 28.1 Å². The quantitative estimate of drug-likeness (QED) is 0.221. The average molecular weight is 530 g/mol. The van der Waals surface area contributed by atoms with Crippen molar-refractivity contribution in [2.24, 2.45) is 0 Å². The van der Waals surface area contributed by atoms with E-state index in [4.69, 9.17) is 28.1 Å². The number of ether oxygens (including phenoxy) is 5. The summed E-state index contributed by atoms with van der Waals surface area (Å²) in [6.45, 7) is 0. The van der Waals surface area contributed by atoms with Crippen molar-refractivity contribution in [2.75, 3.05) is 28.4 Å². The number of methoxy groups -OCH3 is 4. The smallest absolute Gasteiger partial charge is 0.450 e. The molecule has 0 atom stereocenters. The maximum absolute atomic E-state index is 14.0. The highest BCUT2D eigenvalue weighted by Gasteiger charge is 2.40. The first-order valence-electron chi connectivity index (χ1n) is 11.0. The summed E-state index contributed by atoms with van der Waals surface area (Å²) in [5.74, 6) is -1.81. The first kappa shape index (κ1) is 26.4. The van der Waals surface area contributed by atoms with Crippen LogP contribution in [0.25, 0.3) is 22.1 Å². The van der Waals surface area contributed by atoms with Gasteiger partial charge in [-0.3, -0.25) is 4.79 Å². The Bertz CT molecular complexity index is 1550. The molecule has 0 saturated carbocycles. The van der Waals surface area contributed by atoms with Crippen molar-refractivity contribution in [2.45, 2.75) is 6.18 Å². The van der Waals surface area contributed by atoms with Gasteiger partial charge in [0, 0.05) is 11.6 Å². The molecule has 198 valence electrons. The number of benzene rings is 3. The minimum absolute atomic E-state index is 0.0172. The highest BCUT2D eigenvalue weighted by Crippen LogP contribution is 2.41. The van der Waals surface area contributed by atoms with Crippen LogP contribution < -0.4 is 29.1 Å². The van der Waals surface area contributed by atoms with Crippen LogP contribution in [0.15, 0.2) is 63.8 Å². The third-order valence-corrected chi connectivity index (χ3v) is 5.61. The molecule has 3 aromatic carbocycles. The molecule has 0 unspecified atom stereocenters. The van der Waals surface area contributed by atoms with Crippen molar-refractivity contribution in [3.8, 4) is 39.9 Å². The van der Waals surface area contributed by atoms with E-state index in [1.807, 2.05) is 0 Å². The van der Waals surface area contributed by atoms with Crippen molar-refractivity contribution in [3.05, 3.63) is 76.1 Å². The highest BCUT2D eigenvalue weighted by atomic mass is 19.4. The van der Waals surface area contributed by atoms with Gasteiger partial charge in [-0.1, -0.05) is 18.2 Å². The first-order valence-corrected chi connectivity index (χ1v) is 11.0. The molecule has 0 aliphatic heterocycles. The summed E-state index contributed by atoms with van der Waals surface area (Å²) in [6.07, 6.45) is -5.01. The van der Waals surface area contributed by atoms with Crippen LogP contribution in [-0.4, -0.2) is 34.4 Å². The molecule has 4 aromatic rings. The average Bonchev–Trinajstić information content (AvgIpc) is 2.91. The first-order chi connectivity index (χ1) is 18.1. The molecule has 1 aromatic heterocycles. The Morgan fingerprint density at radius 3 is 2.03 bits per heavy atom. The van der Waals surface area contributed by atoms with Crippen LogP contribution in [0.2, 0.25) is 0 Å². The standard InChI is InChI=1S/C27H21F3O8/c1-33-18-8-6-5-7-16(18)22-23(31)17-10-9-15(13-19(17)38-25(22)27(28,29)30)37-26(32)14-11-20(34-2)24(36-4)21(12-14)35-3/h5-13H,1-4H3. The fourth-order valence-electron chi connectivity index (χ4n) is 3.90. The minimum Gasteiger partial charge on any atom is -0.496 e. The number of hydrogen-bond acceptors (Lipinski definition) is 8. The molecule has 0 fully saturated rings.